The third-order valence-corrected chi connectivity index (χ3v) is 2.02. The number of ether oxygens (including phenoxy) is 1. The van der Waals surface area contributed by atoms with Gasteiger partial charge in [-0.05, 0) is 36.7 Å². The Morgan fingerprint density at radius 1 is 1.57 bits per heavy atom. The largest absolute Gasteiger partial charge is 0.455 e. The average Bonchev–Trinajstić information content (AvgIpc) is 2.29. The number of anilines is 1. The maximum absolute atomic E-state index is 11.5. The van der Waals surface area contributed by atoms with Crippen molar-refractivity contribution in [1.29, 1.82) is 0 Å². The Hall–Kier alpha value is -1.04. The number of esters is 1. The minimum atomic E-state index is -0.565. The fourth-order valence-corrected chi connectivity index (χ4v) is 1.05. The maximum atomic E-state index is 11.5. The number of rotatable bonds is 1. The molecule has 2 N–H and O–H groups in total. The number of aromatic nitrogens is 1. The summed E-state index contributed by atoms with van der Waals surface area (Å²) in [6.07, 6.45) is 0. The van der Waals surface area contributed by atoms with Gasteiger partial charge in [0.25, 0.3) is 0 Å². The molecule has 0 unspecified atom stereocenters. The van der Waals surface area contributed by atoms with Gasteiger partial charge in [0.05, 0.1) is 0 Å². The Morgan fingerprint density at radius 2 is 2.14 bits per heavy atom. The number of carbonyl (C=O) groups is 1. The summed E-state index contributed by atoms with van der Waals surface area (Å²) in [5.41, 5.74) is 4.85. The molecule has 1 aromatic rings. The van der Waals surface area contributed by atoms with Crippen LogP contribution in [-0.4, -0.2) is 16.7 Å². The molecule has 0 saturated carbocycles. The molecule has 78 valence electrons. The third-order valence-electron chi connectivity index (χ3n) is 1.25. The van der Waals surface area contributed by atoms with E-state index in [0.717, 1.165) is 0 Å². The molecule has 0 aliphatic rings. The zero-order chi connectivity index (χ0) is 10.9. The molecule has 6 heteroatoms. The van der Waals surface area contributed by atoms with Crippen molar-refractivity contribution in [3.63, 3.8) is 0 Å². The molecule has 0 spiro atoms. The van der Waals surface area contributed by atoms with E-state index in [9.17, 15) is 4.79 Å². The molecule has 1 aromatic heterocycles. The molecule has 0 aromatic carbocycles. The van der Waals surface area contributed by atoms with Gasteiger partial charge < -0.3 is 15.0 Å². The number of halogens is 1. The molecule has 0 fully saturated rings. The first-order valence-corrected chi connectivity index (χ1v) is 4.74. The first-order chi connectivity index (χ1) is 6.31. The van der Waals surface area contributed by atoms with Gasteiger partial charge in [-0.25, -0.2) is 4.79 Å². The van der Waals surface area contributed by atoms with Crippen molar-refractivity contribution in [1.82, 2.24) is 5.16 Å². The highest BCUT2D eigenvalue weighted by atomic mass is 79.9. The van der Waals surface area contributed by atoms with Crippen molar-refractivity contribution >= 4 is 27.8 Å². The lowest BCUT2D eigenvalue weighted by Crippen LogP contribution is -2.24. The fraction of sp³-hybridized carbons (Fsp3) is 0.500. The predicted octanol–water partition coefficient (Wildman–Crippen LogP) is 1.97. The van der Waals surface area contributed by atoms with Crippen LogP contribution in [0.2, 0.25) is 0 Å². The SMILES string of the molecule is CC(C)(C)OC(=O)c1noc(N)c1Br. The van der Waals surface area contributed by atoms with Crippen LogP contribution >= 0.6 is 15.9 Å². The van der Waals surface area contributed by atoms with Crippen LogP contribution in [0.15, 0.2) is 9.00 Å². The Bertz CT molecular complexity index is 354. The van der Waals surface area contributed by atoms with E-state index in [1.807, 2.05) is 0 Å². The van der Waals surface area contributed by atoms with E-state index in [2.05, 4.69) is 25.6 Å². The smallest absolute Gasteiger partial charge is 0.362 e. The molecule has 0 aliphatic heterocycles. The summed E-state index contributed by atoms with van der Waals surface area (Å²) in [7, 11) is 0. The van der Waals surface area contributed by atoms with Gasteiger partial charge >= 0.3 is 5.97 Å². The van der Waals surface area contributed by atoms with Gasteiger partial charge in [0.1, 0.15) is 10.1 Å². The second kappa shape index (κ2) is 3.61. The summed E-state index contributed by atoms with van der Waals surface area (Å²) in [5.74, 6) is -0.504. The van der Waals surface area contributed by atoms with Crippen molar-refractivity contribution in [2.24, 2.45) is 0 Å². The summed E-state index contributed by atoms with van der Waals surface area (Å²) in [5, 5.41) is 3.48. The second-order valence-corrected chi connectivity index (χ2v) is 4.50. The molecule has 1 heterocycles. The van der Waals surface area contributed by atoms with Crippen LogP contribution in [0.25, 0.3) is 0 Å². The highest BCUT2D eigenvalue weighted by molar-refractivity contribution is 9.10. The highest BCUT2D eigenvalue weighted by Crippen LogP contribution is 2.25. The van der Waals surface area contributed by atoms with Crippen molar-refractivity contribution in [2.45, 2.75) is 26.4 Å². The first kappa shape index (κ1) is 11.0. The summed E-state index contributed by atoms with van der Waals surface area (Å²) >= 11 is 3.08. The third kappa shape index (κ3) is 2.47. The number of carbonyl (C=O) groups excluding carboxylic acids is 1. The normalized spacial score (nSPS) is 11.4. The van der Waals surface area contributed by atoms with Gasteiger partial charge in [-0.2, -0.15) is 0 Å². The summed E-state index contributed by atoms with van der Waals surface area (Å²) in [6, 6.07) is 0. The van der Waals surface area contributed by atoms with Crippen LogP contribution in [0.4, 0.5) is 5.88 Å². The van der Waals surface area contributed by atoms with Crippen LogP contribution in [0, 0.1) is 0 Å². The lowest BCUT2D eigenvalue weighted by atomic mass is 10.2. The van der Waals surface area contributed by atoms with Crippen LogP contribution in [0.1, 0.15) is 31.3 Å². The number of nitrogen functional groups attached to an aromatic ring is 1. The molecule has 14 heavy (non-hydrogen) atoms. The van der Waals surface area contributed by atoms with E-state index in [1.54, 1.807) is 20.8 Å². The average molecular weight is 263 g/mol. The molecule has 0 aliphatic carbocycles. The summed E-state index contributed by atoms with van der Waals surface area (Å²) in [6.45, 7) is 5.30. The Morgan fingerprint density at radius 3 is 2.50 bits per heavy atom. The van der Waals surface area contributed by atoms with Gasteiger partial charge in [-0.3, -0.25) is 0 Å². The van der Waals surface area contributed by atoms with Crippen LogP contribution in [0.3, 0.4) is 0 Å². The quantitative estimate of drug-likeness (QED) is 0.783. The Balaban J connectivity index is 2.86. The van der Waals surface area contributed by atoms with E-state index < -0.39 is 11.6 Å². The fourth-order valence-electron chi connectivity index (χ4n) is 0.745. The van der Waals surface area contributed by atoms with Crippen LogP contribution in [-0.2, 0) is 4.74 Å². The lowest BCUT2D eigenvalue weighted by Gasteiger charge is -2.18. The summed E-state index contributed by atoms with van der Waals surface area (Å²) in [4.78, 5) is 11.5. The van der Waals surface area contributed by atoms with E-state index in [0.29, 0.717) is 4.47 Å². The van der Waals surface area contributed by atoms with Gasteiger partial charge in [-0.15, -0.1) is 0 Å². The van der Waals surface area contributed by atoms with E-state index in [-0.39, 0.29) is 11.6 Å². The van der Waals surface area contributed by atoms with Crippen LogP contribution < -0.4 is 5.73 Å². The predicted molar refractivity (Wildman–Crippen MR) is 53.8 cm³/mol. The molecule has 0 atom stereocenters. The molecular weight excluding hydrogens is 252 g/mol. The monoisotopic (exact) mass is 262 g/mol. The first-order valence-electron chi connectivity index (χ1n) is 3.95. The van der Waals surface area contributed by atoms with Gasteiger partial charge in [0.15, 0.2) is 0 Å². The molecule has 0 radical (unpaired) electrons. The number of hydrogen-bond acceptors (Lipinski definition) is 5. The zero-order valence-electron chi connectivity index (χ0n) is 8.13. The number of nitrogens with two attached hydrogens (primary N) is 1. The van der Waals surface area contributed by atoms with E-state index >= 15 is 0 Å². The molecule has 1 rings (SSSR count). The van der Waals surface area contributed by atoms with E-state index in [4.69, 9.17) is 10.5 Å². The Kier molecular flexibility index (Phi) is 2.84. The second-order valence-electron chi connectivity index (χ2n) is 3.71. The maximum Gasteiger partial charge on any atom is 0.362 e. The molecule has 0 bridgehead atoms. The van der Waals surface area contributed by atoms with Crippen molar-refractivity contribution in [3.05, 3.63) is 10.2 Å². The molecule has 0 amide bonds. The minimum Gasteiger partial charge on any atom is -0.455 e. The van der Waals surface area contributed by atoms with Crippen molar-refractivity contribution in [3.8, 4) is 0 Å². The number of nitrogens with zero attached hydrogens (tertiary/aromatic N) is 1. The minimum absolute atomic E-state index is 0.0532. The number of hydrogen-bond donors (Lipinski definition) is 1. The highest BCUT2D eigenvalue weighted by Gasteiger charge is 2.24. The molecule has 5 nitrogen and oxygen atoms in total. The topological polar surface area (TPSA) is 78.3 Å². The van der Waals surface area contributed by atoms with Crippen molar-refractivity contribution < 1.29 is 14.1 Å². The standard InChI is InChI=1S/C8H11BrN2O3/c1-8(2,3)13-7(12)5-4(9)6(10)14-11-5/h10H2,1-3H3. The Labute approximate surface area is 89.7 Å². The summed E-state index contributed by atoms with van der Waals surface area (Å²) < 4.78 is 10.0. The van der Waals surface area contributed by atoms with E-state index in [1.165, 1.54) is 0 Å². The van der Waals surface area contributed by atoms with Gasteiger partial charge in [-0.1, -0.05) is 5.16 Å². The van der Waals surface area contributed by atoms with Crippen molar-refractivity contribution in [2.75, 3.05) is 5.73 Å². The van der Waals surface area contributed by atoms with Gasteiger partial charge in [0.2, 0.25) is 11.6 Å². The van der Waals surface area contributed by atoms with Crippen LogP contribution in [0.5, 0.6) is 0 Å². The molecule has 0 saturated heterocycles. The zero-order valence-corrected chi connectivity index (χ0v) is 9.71. The van der Waals surface area contributed by atoms with Gasteiger partial charge in [0, 0.05) is 0 Å². The molecular formula is C8H11BrN2O3. The lowest BCUT2D eigenvalue weighted by molar-refractivity contribution is 0.00579.